The first-order chi connectivity index (χ1) is 18.5. The molecule has 6 rings (SSSR count). The van der Waals surface area contributed by atoms with E-state index in [4.69, 9.17) is 0 Å². The van der Waals surface area contributed by atoms with E-state index in [9.17, 15) is 19.7 Å². The monoisotopic (exact) mass is 500 g/mol. The first kappa shape index (κ1) is 23.6. The van der Waals surface area contributed by atoms with Crippen LogP contribution in [0, 0.1) is 16.0 Å². The normalized spacial score (nSPS) is 21.4. The minimum absolute atomic E-state index is 0.0344. The molecule has 0 spiro atoms. The van der Waals surface area contributed by atoms with Gasteiger partial charge in [-0.05, 0) is 17.2 Å². The number of hydrogen-bond donors (Lipinski definition) is 0. The standard InChI is InChI=1S/C32H24N2O4/c35-31(23-13-5-2-6-14-23)29-27-19-18-21-10-7-8-17-26(21)33(27)30(28(29)22-11-3-1-4-12-22)32(36)24-15-9-16-25(20-24)34(37)38/h1-20,27-30H/t27-,28+,29-,30+/m1/s1. The molecule has 2 aliphatic rings. The van der Waals surface area contributed by atoms with Gasteiger partial charge >= 0.3 is 0 Å². The van der Waals surface area contributed by atoms with Crippen LogP contribution >= 0.6 is 0 Å². The highest BCUT2D eigenvalue weighted by molar-refractivity contribution is 6.07. The minimum Gasteiger partial charge on any atom is -0.353 e. The number of carbonyl (C=O) groups is 2. The summed E-state index contributed by atoms with van der Waals surface area (Å²) < 4.78 is 0. The van der Waals surface area contributed by atoms with Gasteiger partial charge in [0, 0.05) is 34.9 Å². The van der Waals surface area contributed by atoms with Crippen LogP contribution in [-0.2, 0) is 0 Å². The van der Waals surface area contributed by atoms with Crippen LogP contribution in [-0.4, -0.2) is 28.6 Å². The SMILES string of the molecule is O=C(c1ccccc1)[C@H]1[C@H](c2ccccc2)[C@@H](C(=O)c2cccc([N+](=O)[O-])c2)N2c3ccccc3C=C[C@H]12. The molecule has 6 heteroatoms. The highest BCUT2D eigenvalue weighted by Crippen LogP contribution is 2.50. The molecular weight excluding hydrogens is 476 g/mol. The Morgan fingerprint density at radius 3 is 2.13 bits per heavy atom. The van der Waals surface area contributed by atoms with Crippen LogP contribution in [0.2, 0.25) is 0 Å². The maximum atomic E-state index is 14.4. The van der Waals surface area contributed by atoms with Crippen molar-refractivity contribution in [1.29, 1.82) is 0 Å². The van der Waals surface area contributed by atoms with Crippen molar-refractivity contribution in [1.82, 2.24) is 0 Å². The fraction of sp³-hybridized carbons (Fsp3) is 0.125. The molecule has 0 bridgehead atoms. The number of nitrogens with zero attached hydrogens (tertiary/aromatic N) is 2. The van der Waals surface area contributed by atoms with Gasteiger partial charge in [-0.1, -0.05) is 103 Å². The van der Waals surface area contributed by atoms with Gasteiger partial charge in [0.1, 0.15) is 6.04 Å². The number of carbonyl (C=O) groups excluding carboxylic acids is 2. The first-order valence-corrected chi connectivity index (χ1v) is 12.5. The van der Waals surface area contributed by atoms with E-state index in [0.29, 0.717) is 5.56 Å². The van der Waals surface area contributed by atoms with Crippen molar-refractivity contribution in [2.75, 3.05) is 4.90 Å². The topological polar surface area (TPSA) is 80.5 Å². The highest BCUT2D eigenvalue weighted by Gasteiger charge is 2.55. The summed E-state index contributed by atoms with van der Waals surface area (Å²) in [5.41, 5.74) is 3.41. The van der Waals surface area contributed by atoms with Crippen molar-refractivity contribution in [3.63, 3.8) is 0 Å². The Morgan fingerprint density at radius 2 is 1.39 bits per heavy atom. The van der Waals surface area contributed by atoms with Crippen LogP contribution in [0.25, 0.3) is 6.08 Å². The number of nitro benzene ring substituents is 1. The Bertz CT molecular complexity index is 1560. The van der Waals surface area contributed by atoms with E-state index in [1.165, 1.54) is 18.2 Å². The second-order valence-corrected chi connectivity index (χ2v) is 9.62. The van der Waals surface area contributed by atoms with Gasteiger partial charge in [0.15, 0.2) is 11.6 Å². The van der Waals surface area contributed by atoms with Gasteiger partial charge < -0.3 is 4.90 Å². The van der Waals surface area contributed by atoms with E-state index in [1.807, 2.05) is 97.1 Å². The molecule has 0 saturated carbocycles. The van der Waals surface area contributed by atoms with Crippen molar-refractivity contribution in [2.45, 2.75) is 18.0 Å². The zero-order valence-electron chi connectivity index (χ0n) is 20.4. The summed E-state index contributed by atoms with van der Waals surface area (Å²) in [5.74, 6) is -1.30. The Hall–Kier alpha value is -4.84. The average Bonchev–Trinajstić information content (AvgIpc) is 3.33. The molecule has 6 nitrogen and oxygen atoms in total. The molecule has 2 aliphatic heterocycles. The summed E-state index contributed by atoms with van der Waals surface area (Å²) in [6, 6.07) is 31.4. The van der Waals surface area contributed by atoms with Crippen LogP contribution in [0.3, 0.4) is 0 Å². The molecule has 0 unspecified atom stereocenters. The lowest BCUT2D eigenvalue weighted by Gasteiger charge is -2.35. The largest absolute Gasteiger partial charge is 0.353 e. The number of fused-ring (bicyclic) bond motifs is 3. The second kappa shape index (κ2) is 9.56. The molecule has 38 heavy (non-hydrogen) atoms. The molecule has 0 amide bonds. The van der Waals surface area contributed by atoms with Crippen molar-refractivity contribution in [2.24, 2.45) is 5.92 Å². The predicted octanol–water partition coefficient (Wildman–Crippen LogP) is 6.34. The van der Waals surface area contributed by atoms with Gasteiger partial charge in [-0.3, -0.25) is 19.7 Å². The van der Waals surface area contributed by atoms with Gasteiger partial charge in [0.05, 0.1) is 16.9 Å². The molecule has 0 aliphatic carbocycles. The molecule has 1 fully saturated rings. The maximum Gasteiger partial charge on any atom is 0.270 e. The van der Waals surface area contributed by atoms with Crippen LogP contribution in [0.15, 0.2) is 115 Å². The number of Topliss-reactive ketones (excluding diaryl/α,β-unsaturated/α-hetero) is 2. The molecule has 0 aromatic heterocycles. The van der Waals surface area contributed by atoms with Crippen LogP contribution in [0.4, 0.5) is 11.4 Å². The Labute approximate surface area is 220 Å². The smallest absolute Gasteiger partial charge is 0.270 e. The number of rotatable bonds is 6. The van der Waals surface area contributed by atoms with Gasteiger partial charge in [-0.2, -0.15) is 0 Å². The summed E-state index contributed by atoms with van der Waals surface area (Å²) >= 11 is 0. The third-order valence-corrected chi connectivity index (χ3v) is 7.56. The van der Waals surface area contributed by atoms with Crippen molar-refractivity contribution in [3.8, 4) is 0 Å². The predicted molar refractivity (Wildman–Crippen MR) is 146 cm³/mol. The summed E-state index contributed by atoms with van der Waals surface area (Å²) in [4.78, 5) is 41.6. The van der Waals surface area contributed by atoms with Crippen LogP contribution < -0.4 is 4.90 Å². The van der Waals surface area contributed by atoms with Gasteiger partial charge in [-0.15, -0.1) is 0 Å². The molecular formula is C32H24N2O4. The summed E-state index contributed by atoms with van der Waals surface area (Å²) in [7, 11) is 0. The van der Waals surface area contributed by atoms with Crippen LogP contribution in [0.1, 0.15) is 37.8 Å². The van der Waals surface area contributed by atoms with Gasteiger partial charge in [-0.25, -0.2) is 0 Å². The lowest BCUT2D eigenvalue weighted by Crippen LogP contribution is -2.43. The molecule has 4 aromatic carbocycles. The lowest BCUT2D eigenvalue weighted by atomic mass is 9.76. The molecule has 4 atom stereocenters. The van der Waals surface area contributed by atoms with E-state index in [0.717, 1.165) is 16.8 Å². The number of para-hydroxylation sites is 1. The zero-order valence-corrected chi connectivity index (χ0v) is 20.4. The fourth-order valence-corrected chi connectivity index (χ4v) is 5.94. The highest BCUT2D eigenvalue weighted by atomic mass is 16.6. The molecule has 4 aromatic rings. The molecule has 0 N–H and O–H groups in total. The zero-order chi connectivity index (χ0) is 26.2. The van der Waals surface area contributed by atoms with E-state index in [2.05, 4.69) is 4.90 Å². The van der Waals surface area contributed by atoms with Crippen molar-refractivity contribution in [3.05, 3.63) is 148 Å². The van der Waals surface area contributed by atoms with E-state index >= 15 is 0 Å². The second-order valence-electron chi connectivity index (χ2n) is 9.62. The van der Waals surface area contributed by atoms with E-state index in [-0.39, 0.29) is 28.9 Å². The van der Waals surface area contributed by atoms with E-state index < -0.39 is 22.8 Å². The molecule has 2 heterocycles. The number of anilines is 1. The minimum atomic E-state index is -0.742. The number of nitro groups is 1. The van der Waals surface area contributed by atoms with Crippen molar-refractivity contribution >= 4 is 29.0 Å². The third-order valence-electron chi connectivity index (χ3n) is 7.56. The Morgan fingerprint density at radius 1 is 0.737 bits per heavy atom. The number of hydrogen-bond acceptors (Lipinski definition) is 5. The van der Waals surface area contributed by atoms with E-state index in [1.54, 1.807) is 6.07 Å². The Kier molecular flexibility index (Phi) is 5.92. The number of ketones is 2. The van der Waals surface area contributed by atoms with Crippen molar-refractivity contribution < 1.29 is 14.5 Å². The number of non-ortho nitro benzene ring substituents is 1. The Balaban J connectivity index is 1.57. The summed E-state index contributed by atoms with van der Waals surface area (Å²) in [6.45, 7) is 0. The summed E-state index contributed by atoms with van der Waals surface area (Å²) in [5, 5.41) is 11.5. The molecule has 0 radical (unpaired) electrons. The quantitative estimate of drug-likeness (QED) is 0.175. The molecule has 1 saturated heterocycles. The summed E-state index contributed by atoms with van der Waals surface area (Å²) in [6.07, 6.45) is 4.04. The molecule has 186 valence electrons. The van der Waals surface area contributed by atoms with Crippen LogP contribution in [0.5, 0.6) is 0 Å². The fourth-order valence-electron chi connectivity index (χ4n) is 5.94. The van der Waals surface area contributed by atoms with Gasteiger partial charge in [0.25, 0.3) is 5.69 Å². The third kappa shape index (κ3) is 3.91. The number of benzene rings is 4. The lowest BCUT2D eigenvalue weighted by molar-refractivity contribution is -0.384. The van der Waals surface area contributed by atoms with Gasteiger partial charge in [0.2, 0.25) is 0 Å². The first-order valence-electron chi connectivity index (χ1n) is 12.5. The maximum absolute atomic E-state index is 14.4. The average molecular weight is 501 g/mol.